The Morgan fingerprint density at radius 2 is 2.11 bits per heavy atom. The van der Waals surface area contributed by atoms with Crippen molar-refractivity contribution in [2.45, 2.75) is 0 Å². The molecule has 0 aliphatic heterocycles. The number of aromatic nitrogens is 3. The van der Waals surface area contributed by atoms with Crippen molar-refractivity contribution in [2.75, 3.05) is 18.2 Å². The molecule has 0 bridgehead atoms. The Kier molecular flexibility index (Phi) is 3.42. The number of nitrogens with one attached hydrogen (secondary N) is 1. The van der Waals surface area contributed by atoms with Crippen molar-refractivity contribution in [3.05, 3.63) is 29.0 Å². The highest BCUT2D eigenvalue weighted by atomic mass is 35.5. The molecule has 0 unspecified atom stereocenters. The largest absolute Gasteiger partial charge is 0.467 e. The number of methoxy groups -OCH3 is 1. The number of benzene rings is 1. The fourth-order valence-corrected chi connectivity index (χ4v) is 1.41. The number of nitrogens with two attached hydrogens (primary N) is 1. The normalized spacial score (nSPS) is 10.2. The summed E-state index contributed by atoms with van der Waals surface area (Å²) >= 11 is 5.65. The van der Waals surface area contributed by atoms with E-state index in [-0.39, 0.29) is 28.6 Å². The first kappa shape index (κ1) is 12.3. The lowest BCUT2D eigenvalue weighted by Crippen LogP contribution is -2.06. The summed E-state index contributed by atoms with van der Waals surface area (Å²) in [4.78, 5) is 11.4. The van der Waals surface area contributed by atoms with Crippen LogP contribution in [0.5, 0.6) is 6.01 Å². The van der Waals surface area contributed by atoms with Crippen LogP contribution in [0, 0.1) is 5.82 Å². The highest BCUT2D eigenvalue weighted by Crippen LogP contribution is 2.24. The molecule has 3 N–H and O–H groups in total. The lowest BCUT2D eigenvalue weighted by molar-refractivity contribution is 0.380. The SMILES string of the molecule is COc1nc(N)nc(Nc2cccc(Cl)c2F)n1. The fraction of sp³-hybridized carbons (Fsp3) is 0.100. The van der Waals surface area contributed by atoms with Gasteiger partial charge in [0.25, 0.3) is 0 Å². The predicted molar refractivity (Wildman–Crippen MR) is 65.5 cm³/mol. The van der Waals surface area contributed by atoms with Gasteiger partial charge >= 0.3 is 6.01 Å². The molecule has 6 nitrogen and oxygen atoms in total. The maximum absolute atomic E-state index is 13.6. The molecule has 18 heavy (non-hydrogen) atoms. The van der Waals surface area contributed by atoms with Crippen LogP contribution >= 0.6 is 11.6 Å². The Morgan fingerprint density at radius 3 is 2.83 bits per heavy atom. The zero-order valence-corrected chi connectivity index (χ0v) is 10.1. The number of ether oxygens (including phenoxy) is 1. The standard InChI is InChI=1S/C10H9ClFN5O/c1-18-10-16-8(13)15-9(17-10)14-6-4-2-3-5(11)7(6)12/h2-4H,1H3,(H3,13,14,15,16,17). The van der Waals surface area contributed by atoms with E-state index in [0.29, 0.717) is 0 Å². The van der Waals surface area contributed by atoms with Crippen LogP contribution in [0.15, 0.2) is 18.2 Å². The number of nitrogen functional groups attached to an aromatic ring is 1. The minimum atomic E-state index is -0.600. The summed E-state index contributed by atoms with van der Waals surface area (Å²) in [6.45, 7) is 0. The van der Waals surface area contributed by atoms with Gasteiger partial charge in [0.2, 0.25) is 11.9 Å². The second-order valence-electron chi connectivity index (χ2n) is 3.23. The highest BCUT2D eigenvalue weighted by molar-refractivity contribution is 6.31. The molecule has 1 heterocycles. The van der Waals surface area contributed by atoms with Crippen molar-refractivity contribution >= 4 is 29.2 Å². The minimum Gasteiger partial charge on any atom is -0.467 e. The molecule has 0 saturated heterocycles. The molecule has 0 fully saturated rings. The Balaban J connectivity index is 2.34. The second-order valence-corrected chi connectivity index (χ2v) is 3.64. The zero-order valence-electron chi connectivity index (χ0n) is 9.32. The Morgan fingerprint density at radius 1 is 1.33 bits per heavy atom. The molecule has 0 aliphatic rings. The lowest BCUT2D eigenvalue weighted by atomic mass is 10.3. The molecule has 94 valence electrons. The van der Waals surface area contributed by atoms with Crippen molar-refractivity contribution in [3.8, 4) is 6.01 Å². The van der Waals surface area contributed by atoms with Gasteiger partial charge in [-0.2, -0.15) is 15.0 Å². The van der Waals surface area contributed by atoms with E-state index >= 15 is 0 Å². The fourth-order valence-electron chi connectivity index (χ4n) is 1.24. The average molecular weight is 270 g/mol. The van der Waals surface area contributed by atoms with Crippen LogP contribution < -0.4 is 15.8 Å². The highest BCUT2D eigenvalue weighted by Gasteiger charge is 2.09. The lowest BCUT2D eigenvalue weighted by Gasteiger charge is -2.07. The first-order chi connectivity index (χ1) is 8.60. The van der Waals surface area contributed by atoms with E-state index in [1.807, 2.05) is 0 Å². The van der Waals surface area contributed by atoms with Crippen molar-refractivity contribution in [3.63, 3.8) is 0 Å². The van der Waals surface area contributed by atoms with Crippen molar-refractivity contribution < 1.29 is 9.13 Å². The molecule has 2 aromatic rings. The Bertz CT molecular complexity index is 580. The zero-order chi connectivity index (χ0) is 13.1. The molecule has 8 heteroatoms. The number of nitrogens with zero attached hydrogens (tertiary/aromatic N) is 3. The number of hydrogen-bond acceptors (Lipinski definition) is 6. The number of rotatable bonds is 3. The smallest absolute Gasteiger partial charge is 0.322 e. The number of anilines is 3. The van der Waals surface area contributed by atoms with Gasteiger partial charge in [0, 0.05) is 0 Å². The summed E-state index contributed by atoms with van der Waals surface area (Å²) in [6.07, 6.45) is 0. The molecule has 0 amide bonds. The van der Waals surface area contributed by atoms with Gasteiger partial charge in [-0.1, -0.05) is 17.7 Å². The van der Waals surface area contributed by atoms with E-state index in [2.05, 4.69) is 20.3 Å². The van der Waals surface area contributed by atoms with Gasteiger partial charge in [0.05, 0.1) is 17.8 Å². The molecule has 0 spiro atoms. The summed E-state index contributed by atoms with van der Waals surface area (Å²) in [5, 5.41) is 2.64. The number of halogens is 2. The molecule has 2 rings (SSSR count). The van der Waals surface area contributed by atoms with Crippen LogP contribution in [-0.4, -0.2) is 22.1 Å². The molecule has 0 saturated carbocycles. The van der Waals surface area contributed by atoms with Crippen LogP contribution in [0.2, 0.25) is 5.02 Å². The third kappa shape index (κ3) is 2.57. The third-order valence-corrected chi connectivity index (χ3v) is 2.30. The third-order valence-electron chi connectivity index (χ3n) is 2.01. The van der Waals surface area contributed by atoms with Gasteiger partial charge < -0.3 is 15.8 Å². The topological polar surface area (TPSA) is 86.0 Å². The molecular weight excluding hydrogens is 261 g/mol. The summed E-state index contributed by atoms with van der Waals surface area (Å²) < 4.78 is 18.5. The first-order valence-corrected chi connectivity index (χ1v) is 5.24. The maximum Gasteiger partial charge on any atom is 0.322 e. The van der Waals surface area contributed by atoms with Crippen LogP contribution in [0.4, 0.5) is 22.0 Å². The van der Waals surface area contributed by atoms with Crippen LogP contribution in [0.25, 0.3) is 0 Å². The van der Waals surface area contributed by atoms with Gasteiger partial charge in [0.1, 0.15) is 0 Å². The van der Waals surface area contributed by atoms with Gasteiger partial charge in [-0.3, -0.25) is 0 Å². The predicted octanol–water partition coefficient (Wildman–Crippen LogP) is 2.00. The summed E-state index contributed by atoms with van der Waals surface area (Å²) in [5.41, 5.74) is 5.59. The van der Waals surface area contributed by atoms with E-state index in [1.54, 1.807) is 6.07 Å². The monoisotopic (exact) mass is 269 g/mol. The minimum absolute atomic E-state index is 0.00556. The van der Waals surface area contributed by atoms with E-state index in [0.717, 1.165) is 0 Å². The molecule has 0 atom stereocenters. The van der Waals surface area contributed by atoms with Gasteiger partial charge in [0.15, 0.2) is 5.82 Å². The number of hydrogen-bond donors (Lipinski definition) is 2. The molecular formula is C10H9ClFN5O. The average Bonchev–Trinajstić information content (AvgIpc) is 2.34. The molecule has 0 radical (unpaired) electrons. The van der Waals surface area contributed by atoms with E-state index in [9.17, 15) is 4.39 Å². The quantitative estimate of drug-likeness (QED) is 0.886. The van der Waals surface area contributed by atoms with Crippen molar-refractivity contribution in [1.29, 1.82) is 0 Å². The van der Waals surface area contributed by atoms with E-state index in [4.69, 9.17) is 22.1 Å². The van der Waals surface area contributed by atoms with Crippen LogP contribution in [-0.2, 0) is 0 Å². The second kappa shape index (κ2) is 5.01. The first-order valence-electron chi connectivity index (χ1n) is 4.86. The Labute approximate surface area is 107 Å². The van der Waals surface area contributed by atoms with Gasteiger partial charge in [-0.25, -0.2) is 4.39 Å². The molecule has 1 aromatic carbocycles. The van der Waals surface area contributed by atoms with Gasteiger partial charge in [-0.05, 0) is 12.1 Å². The van der Waals surface area contributed by atoms with E-state index < -0.39 is 5.82 Å². The van der Waals surface area contributed by atoms with Crippen molar-refractivity contribution in [1.82, 2.24) is 15.0 Å². The van der Waals surface area contributed by atoms with Crippen LogP contribution in [0.1, 0.15) is 0 Å². The summed E-state index contributed by atoms with van der Waals surface area (Å²) in [5.74, 6) is -0.565. The summed E-state index contributed by atoms with van der Waals surface area (Å²) in [6, 6.07) is 4.56. The maximum atomic E-state index is 13.6. The van der Waals surface area contributed by atoms with Crippen molar-refractivity contribution in [2.24, 2.45) is 0 Å². The molecule has 0 aliphatic carbocycles. The van der Waals surface area contributed by atoms with Crippen LogP contribution in [0.3, 0.4) is 0 Å². The van der Waals surface area contributed by atoms with Gasteiger partial charge in [-0.15, -0.1) is 0 Å². The molecule has 1 aromatic heterocycles. The van der Waals surface area contributed by atoms with E-state index in [1.165, 1.54) is 19.2 Å². The summed E-state index contributed by atoms with van der Waals surface area (Å²) in [7, 11) is 1.39. The Hall–Kier alpha value is -2.15.